The Bertz CT molecular complexity index is 135. The molecule has 0 radical (unpaired) electrons. The highest BCUT2D eigenvalue weighted by Gasteiger charge is 2.11. The molecule has 0 amide bonds. The Morgan fingerprint density at radius 2 is 1.70 bits per heavy atom. The molecule has 0 saturated heterocycles. The maximum absolute atomic E-state index is 9.28. The highest BCUT2D eigenvalue weighted by Crippen LogP contribution is 2.05. The number of rotatable bonds is 2. The van der Waals surface area contributed by atoms with Crippen LogP contribution in [0.25, 0.3) is 0 Å². The zero-order valence-corrected chi connectivity index (χ0v) is 8.47. The van der Waals surface area contributed by atoms with Crippen LogP contribution in [0.3, 0.4) is 0 Å². The van der Waals surface area contributed by atoms with Crippen LogP contribution in [0.15, 0.2) is 11.6 Å². The lowest BCUT2D eigenvalue weighted by Gasteiger charge is -2.15. The maximum Gasteiger partial charge on any atom is 0.178 e. The molecular formula is C7H17NOSi. The monoisotopic (exact) mass is 159 g/mol. The van der Waals surface area contributed by atoms with Gasteiger partial charge in [-0.2, -0.15) is 0 Å². The van der Waals surface area contributed by atoms with Crippen LogP contribution in [0.4, 0.5) is 0 Å². The molecule has 0 aromatic rings. The summed E-state index contributed by atoms with van der Waals surface area (Å²) in [5, 5.41) is 9.28. The Kier molecular flexibility index (Phi) is 2.96. The van der Waals surface area contributed by atoms with Crippen LogP contribution < -0.4 is 0 Å². The number of aliphatic hydroxyl groups is 1. The minimum atomic E-state index is -1.24. The van der Waals surface area contributed by atoms with E-state index in [1.165, 1.54) is 0 Å². The highest BCUT2D eigenvalue weighted by atomic mass is 28.3. The van der Waals surface area contributed by atoms with Gasteiger partial charge in [-0.3, -0.25) is 0 Å². The van der Waals surface area contributed by atoms with E-state index in [9.17, 15) is 5.11 Å². The van der Waals surface area contributed by atoms with Crippen molar-refractivity contribution in [2.75, 3.05) is 14.1 Å². The van der Waals surface area contributed by atoms with Gasteiger partial charge >= 0.3 is 0 Å². The second-order valence-electron chi connectivity index (χ2n) is 3.76. The van der Waals surface area contributed by atoms with Crippen molar-refractivity contribution in [2.24, 2.45) is 0 Å². The van der Waals surface area contributed by atoms with Crippen molar-refractivity contribution < 1.29 is 5.11 Å². The molecule has 0 aliphatic rings. The van der Waals surface area contributed by atoms with E-state index < -0.39 is 8.07 Å². The van der Waals surface area contributed by atoms with Crippen molar-refractivity contribution in [1.82, 2.24) is 4.90 Å². The van der Waals surface area contributed by atoms with Crippen LogP contribution in [0.5, 0.6) is 0 Å². The summed E-state index contributed by atoms with van der Waals surface area (Å²) < 4.78 is 0. The summed E-state index contributed by atoms with van der Waals surface area (Å²) in [6, 6.07) is 0. The standard InChI is InChI=1S/C7H17NOSi/c1-8(2)7(9)6-10(3,4)5/h6,9H,1-5H3. The van der Waals surface area contributed by atoms with E-state index in [1.54, 1.807) is 4.90 Å². The van der Waals surface area contributed by atoms with Crippen LogP contribution >= 0.6 is 0 Å². The van der Waals surface area contributed by atoms with Gasteiger partial charge in [-0.25, -0.2) is 0 Å². The quantitative estimate of drug-likeness (QED) is 0.491. The number of hydrogen-bond acceptors (Lipinski definition) is 2. The summed E-state index contributed by atoms with van der Waals surface area (Å²) in [4.78, 5) is 1.72. The second kappa shape index (κ2) is 3.10. The van der Waals surface area contributed by atoms with Gasteiger partial charge in [0.15, 0.2) is 5.88 Å². The van der Waals surface area contributed by atoms with E-state index in [2.05, 4.69) is 19.6 Å². The number of aliphatic hydroxyl groups excluding tert-OH is 1. The molecule has 1 N–H and O–H groups in total. The lowest BCUT2D eigenvalue weighted by molar-refractivity contribution is 0.265. The molecule has 0 fully saturated rings. The average molecular weight is 159 g/mol. The minimum Gasteiger partial charge on any atom is -0.495 e. The summed E-state index contributed by atoms with van der Waals surface area (Å²) in [6.45, 7) is 6.56. The first-order valence-corrected chi connectivity index (χ1v) is 7.00. The molecule has 2 nitrogen and oxygen atoms in total. The molecule has 10 heavy (non-hydrogen) atoms. The fourth-order valence-corrected chi connectivity index (χ4v) is 1.55. The second-order valence-corrected chi connectivity index (χ2v) is 8.78. The van der Waals surface area contributed by atoms with Crippen molar-refractivity contribution in [3.05, 3.63) is 11.6 Å². The SMILES string of the molecule is CN(C)C(O)=C[Si](C)(C)C. The van der Waals surface area contributed by atoms with Gasteiger partial charge < -0.3 is 10.0 Å². The van der Waals surface area contributed by atoms with Gasteiger partial charge in [0.25, 0.3) is 0 Å². The third kappa shape index (κ3) is 4.44. The van der Waals surface area contributed by atoms with Crippen molar-refractivity contribution in [3.63, 3.8) is 0 Å². The van der Waals surface area contributed by atoms with E-state index in [4.69, 9.17) is 0 Å². The highest BCUT2D eigenvalue weighted by molar-refractivity contribution is 6.81. The molecule has 0 aliphatic carbocycles. The molecule has 60 valence electrons. The van der Waals surface area contributed by atoms with E-state index in [0.717, 1.165) is 0 Å². The van der Waals surface area contributed by atoms with Gasteiger partial charge in [0.2, 0.25) is 0 Å². The van der Waals surface area contributed by atoms with Crippen LogP contribution in [-0.4, -0.2) is 32.2 Å². The van der Waals surface area contributed by atoms with Crippen LogP contribution in [0, 0.1) is 0 Å². The van der Waals surface area contributed by atoms with E-state index in [0.29, 0.717) is 5.88 Å². The van der Waals surface area contributed by atoms with Gasteiger partial charge in [-0.15, -0.1) is 0 Å². The van der Waals surface area contributed by atoms with Crippen LogP contribution in [-0.2, 0) is 0 Å². The molecule has 0 rings (SSSR count). The van der Waals surface area contributed by atoms with Gasteiger partial charge in [-0.05, 0) is 5.70 Å². The maximum atomic E-state index is 9.28. The number of nitrogens with zero attached hydrogens (tertiary/aromatic N) is 1. The molecule has 0 atom stereocenters. The summed E-state index contributed by atoms with van der Waals surface area (Å²) in [5.74, 6) is 0.388. The molecule has 0 bridgehead atoms. The molecule has 3 heteroatoms. The molecule has 0 unspecified atom stereocenters. The third-order valence-corrected chi connectivity index (χ3v) is 2.14. The van der Waals surface area contributed by atoms with Gasteiger partial charge in [-0.1, -0.05) is 19.6 Å². The van der Waals surface area contributed by atoms with Crippen LogP contribution in [0.1, 0.15) is 0 Å². The fraction of sp³-hybridized carbons (Fsp3) is 0.714. The summed E-state index contributed by atoms with van der Waals surface area (Å²) >= 11 is 0. The molecule has 0 saturated carbocycles. The predicted octanol–water partition coefficient (Wildman–Crippen LogP) is 1.82. The first kappa shape index (κ1) is 9.56. The van der Waals surface area contributed by atoms with Crippen molar-refractivity contribution in [1.29, 1.82) is 0 Å². The van der Waals surface area contributed by atoms with Gasteiger partial charge in [0.05, 0.1) is 8.07 Å². The molecule has 0 heterocycles. The summed E-state index contributed by atoms with van der Waals surface area (Å²) in [6.07, 6.45) is 0. The zero-order valence-electron chi connectivity index (χ0n) is 7.47. The lowest BCUT2D eigenvalue weighted by Crippen LogP contribution is -2.21. The molecule has 0 aliphatic heterocycles. The first-order valence-electron chi connectivity index (χ1n) is 3.42. The number of hydrogen-bond donors (Lipinski definition) is 1. The molecule has 0 spiro atoms. The van der Waals surface area contributed by atoms with E-state index in [1.807, 2.05) is 19.8 Å². The van der Waals surface area contributed by atoms with Crippen molar-refractivity contribution in [3.8, 4) is 0 Å². The Balaban J connectivity index is 4.17. The summed E-state index contributed by atoms with van der Waals surface area (Å²) in [7, 11) is 2.44. The van der Waals surface area contributed by atoms with Gasteiger partial charge in [0, 0.05) is 14.1 Å². The largest absolute Gasteiger partial charge is 0.495 e. The van der Waals surface area contributed by atoms with Crippen molar-refractivity contribution in [2.45, 2.75) is 19.6 Å². The summed E-state index contributed by atoms with van der Waals surface area (Å²) in [5.41, 5.74) is 1.97. The molecule has 0 aromatic heterocycles. The first-order chi connectivity index (χ1) is 4.33. The zero-order chi connectivity index (χ0) is 8.36. The average Bonchev–Trinajstić information content (AvgIpc) is 1.60. The Morgan fingerprint density at radius 3 is 1.80 bits per heavy atom. The Labute approximate surface area is 64.2 Å². The predicted molar refractivity (Wildman–Crippen MR) is 47.7 cm³/mol. The van der Waals surface area contributed by atoms with Crippen molar-refractivity contribution >= 4 is 8.07 Å². The van der Waals surface area contributed by atoms with Crippen LogP contribution in [0.2, 0.25) is 19.6 Å². The Hall–Kier alpha value is -0.443. The molecule has 0 aromatic carbocycles. The lowest BCUT2D eigenvalue weighted by atomic mass is 10.8. The Morgan fingerprint density at radius 1 is 1.30 bits per heavy atom. The van der Waals surface area contributed by atoms with Gasteiger partial charge in [0.1, 0.15) is 0 Å². The van der Waals surface area contributed by atoms with E-state index in [-0.39, 0.29) is 0 Å². The third-order valence-electron chi connectivity index (χ3n) is 1.02. The fourth-order valence-electron chi connectivity index (χ4n) is 0.516. The smallest absolute Gasteiger partial charge is 0.178 e. The van der Waals surface area contributed by atoms with E-state index >= 15 is 0 Å². The molecular weight excluding hydrogens is 142 g/mol. The topological polar surface area (TPSA) is 23.5 Å². The minimum absolute atomic E-state index is 0.388. The normalized spacial score (nSPS) is 13.5.